The first kappa shape index (κ1) is 16.7. The van der Waals surface area contributed by atoms with Crippen LogP contribution in [0.4, 0.5) is 0 Å². The van der Waals surface area contributed by atoms with Crippen LogP contribution in [0.15, 0.2) is 40.8 Å². The molecule has 0 spiro atoms. The van der Waals surface area contributed by atoms with Gasteiger partial charge >= 0.3 is 0 Å². The number of aromatic hydroxyl groups is 1. The monoisotopic (exact) mass is 362 g/mol. The molecule has 0 saturated carbocycles. The molecular formula is C18H15ClO4S. The number of Topliss-reactive ketones (excluding diaryl/α,β-unsaturated/α-hetero) is 1. The Morgan fingerprint density at radius 2 is 1.83 bits per heavy atom. The summed E-state index contributed by atoms with van der Waals surface area (Å²) in [6, 6.07) is 8.67. The Kier molecular flexibility index (Phi) is 4.73. The fourth-order valence-electron chi connectivity index (χ4n) is 2.51. The summed E-state index contributed by atoms with van der Waals surface area (Å²) in [6.45, 7) is 0. The molecule has 0 saturated heterocycles. The molecule has 0 atom stereocenters. The van der Waals surface area contributed by atoms with E-state index >= 15 is 0 Å². The second-order valence-electron chi connectivity index (χ2n) is 5.20. The van der Waals surface area contributed by atoms with Crippen molar-refractivity contribution >= 4 is 35.2 Å². The average Bonchev–Trinajstić information content (AvgIpc) is 2.59. The van der Waals surface area contributed by atoms with Gasteiger partial charge in [0.25, 0.3) is 0 Å². The van der Waals surface area contributed by atoms with Gasteiger partial charge in [-0.15, -0.1) is 11.8 Å². The van der Waals surface area contributed by atoms with Gasteiger partial charge in [-0.05, 0) is 42.0 Å². The molecule has 0 aliphatic carbocycles. The van der Waals surface area contributed by atoms with Crippen LogP contribution in [0.25, 0.3) is 6.08 Å². The third kappa shape index (κ3) is 3.09. The Balaban J connectivity index is 2.02. The molecule has 2 aromatic rings. The first-order valence-electron chi connectivity index (χ1n) is 7.16. The number of hydrogen-bond donors (Lipinski definition) is 1. The minimum atomic E-state index is -0.0661. The molecule has 0 unspecified atom stereocenters. The zero-order chi connectivity index (χ0) is 17.3. The number of carbonyl (C=O) groups is 1. The molecule has 24 heavy (non-hydrogen) atoms. The van der Waals surface area contributed by atoms with Crippen molar-refractivity contribution in [1.29, 1.82) is 0 Å². The summed E-state index contributed by atoms with van der Waals surface area (Å²) in [5.41, 5.74) is 1.99. The standard InChI is InChI=1S/C18H15ClO4S/c1-22-14-6-10(7-15(23-2)18(14)21)5-11-9-24-16-4-3-12(19)8-13(16)17(11)20/h3-8,21H,9H2,1-2H3/b11-5+. The number of phenolic OH excluding ortho intramolecular Hbond substituents is 1. The largest absolute Gasteiger partial charge is 0.502 e. The first-order valence-corrected chi connectivity index (χ1v) is 8.52. The van der Waals surface area contributed by atoms with Crippen LogP contribution in [0.1, 0.15) is 15.9 Å². The van der Waals surface area contributed by atoms with Crippen molar-refractivity contribution in [2.24, 2.45) is 0 Å². The zero-order valence-electron chi connectivity index (χ0n) is 13.1. The number of benzene rings is 2. The summed E-state index contributed by atoms with van der Waals surface area (Å²) < 4.78 is 10.3. The lowest BCUT2D eigenvalue weighted by Crippen LogP contribution is -2.12. The summed E-state index contributed by atoms with van der Waals surface area (Å²) in [5.74, 6) is 1.04. The summed E-state index contributed by atoms with van der Waals surface area (Å²) in [4.78, 5) is 13.6. The molecule has 4 nitrogen and oxygen atoms in total. The van der Waals surface area contributed by atoms with Gasteiger partial charge in [-0.2, -0.15) is 0 Å². The molecule has 0 fully saturated rings. The van der Waals surface area contributed by atoms with Crippen molar-refractivity contribution in [3.8, 4) is 17.2 Å². The fourth-order valence-corrected chi connectivity index (χ4v) is 3.67. The Morgan fingerprint density at radius 3 is 2.46 bits per heavy atom. The van der Waals surface area contributed by atoms with E-state index < -0.39 is 0 Å². The van der Waals surface area contributed by atoms with E-state index in [0.29, 0.717) is 33.4 Å². The molecule has 0 bridgehead atoms. The molecule has 124 valence electrons. The smallest absolute Gasteiger partial charge is 0.200 e. The van der Waals surface area contributed by atoms with E-state index in [9.17, 15) is 9.90 Å². The summed E-state index contributed by atoms with van der Waals surface area (Å²) in [6.07, 6.45) is 1.78. The van der Waals surface area contributed by atoms with Gasteiger partial charge in [-0.1, -0.05) is 11.6 Å². The van der Waals surface area contributed by atoms with Crippen molar-refractivity contribution < 1.29 is 19.4 Å². The molecule has 0 radical (unpaired) electrons. The minimum Gasteiger partial charge on any atom is -0.502 e. The number of methoxy groups -OCH3 is 2. The lowest BCUT2D eigenvalue weighted by atomic mass is 10.0. The number of ketones is 1. The van der Waals surface area contributed by atoms with Crippen molar-refractivity contribution in [3.63, 3.8) is 0 Å². The molecule has 2 aromatic carbocycles. The number of thioether (sulfide) groups is 1. The number of carbonyl (C=O) groups excluding carboxylic acids is 1. The van der Waals surface area contributed by atoms with Gasteiger partial charge < -0.3 is 14.6 Å². The third-order valence-electron chi connectivity index (χ3n) is 3.70. The highest BCUT2D eigenvalue weighted by atomic mass is 35.5. The predicted molar refractivity (Wildman–Crippen MR) is 95.7 cm³/mol. The quantitative estimate of drug-likeness (QED) is 0.818. The molecular weight excluding hydrogens is 348 g/mol. The third-order valence-corrected chi connectivity index (χ3v) is 5.06. The summed E-state index contributed by atoms with van der Waals surface area (Å²) >= 11 is 7.60. The van der Waals surface area contributed by atoms with Crippen LogP contribution < -0.4 is 9.47 Å². The van der Waals surface area contributed by atoms with Crippen molar-refractivity contribution in [3.05, 3.63) is 52.1 Å². The minimum absolute atomic E-state index is 0.0442. The lowest BCUT2D eigenvalue weighted by molar-refractivity contribution is 0.103. The van der Waals surface area contributed by atoms with Gasteiger partial charge in [0.15, 0.2) is 17.3 Å². The van der Waals surface area contributed by atoms with Gasteiger partial charge in [-0.3, -0.25) is 4.79 Å². The highest BCUT2D eigenvalue weighted by Crippen LogP contribution is 2.39. The topological polar surface area (TPSA) is 55.8 Å². The maximum atomic E-state index is 12.7. The highest BCUT2D eigenvalue weighted by Gasteiger charge is 2.23. The Morgan fingerprint density at radius 1 is 1.17 bits per heavy atom. The Hall–Kier alpha value is -2.11. The van der Waals surface area contributed by atoms with Crippen LogP contribution in [0.3, 0.4) is 0 Å². The zero-order valence-corrected chi connectivity index (χ0v) is 14.7. The second-order valence-corrected chi connectivity index (χ2v) is 6.66. The van der Waals surface area contributed by atoms with Gasteiger partial charge in [-0.25, -0.2) is 0 Å². The number of rotatable bonds is 3. The Labute approximate surface area is 149 Å². The highest BCUT2D eigenvalue weighted by molar-refractivity contribution is 7.99. The van der Waals surface area contributed by atoms with E-state index in [2.05, 4.69) is 0 Å². The molecule has 6 heteroatoms. The van der Waals surface area contributed by atoms with Gasteiger partial charge in [0.05, 0.1) is 14.2 Å². The van der Waals surface area contributed by atoms with E-state index in [0.717, 1.165) is 10.5 Å². The van der Waals surface area contributed by atoms with Crippen molar-refractivity contribution in [1.82, 2.24) is 0 Å². The van der Waals surface area contributed by atoms with Gasteiger partial charge in [0, 0.05) is 26.8 Å². The van der Waals surface area contributed by atoms with Gasteiger partial charge in [0.1, 0.15) is 0 Å². The van der Waals surface area contributed by atoms with E-state index in [4.69, 9.17) is 21.1 Å². The first-order chi connectivity index (χ1) is 11.5. The molecule has 1 aliphatic rings. The lowest BCUT2D eigenvalue weighted by Gasteiger charge is -2.17. The maximum Gasteiger partial charge on any atom is 0.200 e. The molecule has 3 rings (SSSR count). The van der Waals surface area contributed by atoms with E-state index in [1.54, 1.807) is 42.1 Å². The van der Waals surface area contributed by atoms with E-state index in [-0.39, 0.29) is 11.5 Å². The van der Waals surface area contributed by atoms with Crippen molar-refractivity contribution in [2.75, 3.05) is 20.0 Å². The van der Waals surface area contributed by atoms with Crippen LogP contribution in [0, 0.1) is 0 Å². The molecule has 0 amide bonds. The van der Waals surface area contributed by atoms with E-state index in [1.165, 1.54) is 14.2 Å². The van der Waals surface area contributed by atoms with Crippen LogP contribution in [-0.4, -0.2) is 30.9 Å². The average molecular weight is 363 g/mol. The number of ether oxygens (including phenoxy) is 2. The molecule has 1 aliphatic heterocycles. The van der Waals surface area contributed by atoms with Gasteiger partial charge in [0.2, 0.25) is 5.75 Å². The molecule has 1 heterocycles. The fraction of sp³-hybridized carbons (Fsp3) is 0.167. The Bertz CT molecular complexity index is 820. The SMILES string of the molecule is COc1cc(/C=C2\CSc3ccc(Cl)cc3C2=O)cc(OC)c1O. The second kappa shape index (κ2) is 6.79. The number of hydrogen-bond acceptors (Lipinski definition) is 5. The van der Waals surface area contributed by atoms with Crippen LogP contribution in [0.2, 0.25) is 5.02 Å². The van der Waals surface area contributed by atoms with E-state index in [1.807, 2.05) is 6.07 Å². The van der Waals surface area contributed by atoms with Crippen LogP contribution >= 0.6 is 23.4 Å². The van der Waals surface area contributed by atoms with Crippen LogP contribution in [-0.2, 0) is 0 Å². The molecule has 0 aromatic heterocycles. The van der Waals surface area contributed by atoms with Crippen molar-refractivity contribution in [2.45, 2.75) is 4.90 Å². The predicted octanol–water partition coefficient (Wildman–Crippen LogP) is 4.43. The number of fused-ring (bicyclic) bond motifs is 1. The number of halogens is 1. The summed E-state index contributed by atoms with van der Waals surface area (Å²) in [5, 5.41) is 10.5. The molecule has 1 N–H and O–H groups in total. The number of phenols is 1. The maximum absolute atomic E-state index is 12.7. The summed E-state index contributed by atoms with van der Waals surface area (Å²) in [7, 11) is 2.93. The van der Waals surface area contributed by atoms with Crippen LogP contribution in [0.5, 0.6) is 17.2 Å². The normalized spacial score (nSPS) is 15.3.